The molecule has 1 heterocycles. The van der Waals surface area contributed by atoms with Gasteiger partial charge in [0.2, 0.25) is 3.79 Å². The fourth-order valence-corrected chi connectivity index (χ4v) is 0.939. The maximum absolute atomic E-state index is 10.6. The predicted octanol–water partition coefficient (Wildman–Crippen LogP) is 1.60. The molecule has 0 aliphatic carbocycles. The number of aryl methyl sites for hydroxylation is 1. The van der Waals surface area contributed by atoms with Crippen molar-refractivity contribution in [2.75, 3.05) is 0 Å². The lowest BCUT2D eigenvalue weighted by molar-refractivity contribution is 0.110. The molecule has 0 saturated carbocycles. The highest BCUT2D eigenvalue weighted by molar-refractivity contribution is 14.1. The summed E-state index contributed by atoms with van der Waals surface area (Å²) < 4.78 is 1.94. The number of nitrogens with zero attached hydrogens (tertiary/aromatic N) is 1. The van der Waals surface area contributed by atoms with Gasteiger partial charge in [0, 0.05) is 47.6 Å². The highest BCUT2D eigenvalue weighted by Gasteiger charge is 1.99. The van der Waals surface area contributed by atoms with Gasteiger partial charge in [-0.25, -0.2) is 0 Å². The van der Waals surface area contributed by atoms with Crippen molar-refractivity contribution < 1.29 is 4.79 Å². The molecule has 1 rings (SSSR count). The molecule has 0 fully saturated rings. The quantitative estimate of drug-likeness (QED) is 0.535. The first-order valence-corrected chi connectivity index (χ1v) is 3.60. The summed E-state index contributed by atoms with van der Waals surface area (Å²) in [4.78, 5) is 10.6. The van der Waals surface area contributed by atoms with Crippen LogP contribution in [0.25, 0.3) is 0 Å². The third-order valence-electron chi connectivity index (χ3n) is 1.06. The minimum Gasteiger partial charge on any atom is -0.356 e. The van der Waals surface area contributed by atoms with E-state index in [0.29, 0.717) is 0 Å². The smallest absolute Gasteiger partial charge is 0.223 e. The van der Waals surface area contributed by atoms with Gasteiger partial charge in [0.05, 0.1) is 0 Å². The lowest BCUT2D eigenvalue weighted by atomic mass is 10.4. The van der Waals surface area contributed by atoms with Gasteiger partial charge < -0.3 is 4.57 Å². The summed E-state index contributed by atoms with van der Waals surface area (Å²) in [6.07, 6.45) is 3.65. The fraction of sp³-hybridized carbons (Fsp3) is 0.167. The van der Waals surface area contributed by atoms with Crippen LogP contribution in [0.5, 0.6) is 0 Å². The van der Waals surface area contributed by atoms with Crippen molar-refractivity contribution in [1.82, 2.24) is 4.57 Å². The average molecular weight is 235 g/mol. The van der Waals surface area contributed by atoms with Crippen molar-refractivity contribution in [2.45, 2.75) is 0 Å². The lowest BCUT2D eigenvalue weighted by Gasteiger charge is -1.83. The molecule has 0 N–H and O–H groups in total. The summed E-state index contributed by atoms with van der Waals surface area (Å²) in [5.74, 6) is 0. The van der Waals surface area contributed by atoms with Crippen LogP contribution in [-0.4, -0.2) is 8.36 Å². The molecule has 0 aliphatic heterocycles. The molecule has 2 nitrogen and oxygen atoms in total. The predicted molar refractivity (Wildman–Crippen MR) is 43.8 cm³/mol. The molecule has 0 aliphatic rings. The molecule has 0 atom stereocenters. The topological polar surface area (TPSA) is 22.0 Å². The number of carbonyl (C=O) groups is 1. The molecule has 1 aromatic heterocycles. The van der Waals surface area contributed by atoms with Crippen LogP contribution in [0.3, 0.4) is 0 Å². The summed E-state index contributed by atoms with van der Waals surface area (Å²) in [6.45, 7) is 0. The Morgan fingerprint density at radius 1 is 1.78 bits per heavy atom. The maximum atomic E-state index is 10.6. The highest BCUT2D eigenvalue weighted by Crippen LogP contribution is 2.04. The molecule has 1 aromatic rings. The molecule has 0 spiro atoms. The molecule has 0 aromatic carbocycles. The van der Waals surface area contributed by atoms with E-state index in [4.69, 9.17) is 0 Å². The summed E-state index contributed by atoms with van der Waals surface area (Å²) in [6, 6.07) is 1.80. The number of hydrogen-bond acceptors (Lipinski definition) is 1. The van der Waals surface area contributed by atoms with E-state index in [2.05, 4.69) is 0 Å². The van der Waals surface area contributed by atoms with E-state index in [1.165, 1.54) is 0 Å². The van der Waals surface area contributed by atoms with Crippen LogP contribution in [-0.2, 0) is 7.05 Å². The van der Waals surface area contributed by atoms with Crippen molar-refractivity contribution in [3.8, 4) is 0 Å². The van der Waals surface area contributed by atoms with Gasteiger partial charge >= 0.3 is 0 Å². The fourth-order valence-electron chi connectivity index (χ4n) is 0.620. The number of carbonyl (C=O) groups excluding carboxylic acids is 1. The first kappa shape index (κ1) is 6.80. The summed E-state index contributed by atoms with van der Waals surface area (Å²) in [5, 5.41) is 0. The third kappa shape index (κ3) is 1.54. The van der Waals surface area contributed by atoms with Gasteiger partial charge in [-0.2, -0.15) is 0 Å². The normalized spacial score (nSPS) is 9.56. The van der Waals surface area contributed by atoms with E-state index in [1.54, 1.807) is 34.9 Å². The summed E-state index contributed by atoms with van der Waals surface area (Å²) in [5.41, 5.74) is 0.762. The summed E-state index contributed by atoms with van der Waals surface area (Å²) in [7, 11) is 1.89. The highest BCUT2D eigenvalue weighted by atomic mass is 127. The lowest BCUT2D eigenvalue weighted by Crippen LogP contribution is -1.83. The van der Waals surface area contributed by atoms with Crippen molar-refractivity contribution in [2.24, 2.45) is 7.05 Å². The third-order valence-corrected chi connectivity index (χ3v) is 1.68. The zero-order valence-electron chi connectivity index (χ0n) is 4.97. The standard InChI is InChI=1S/C6H6INO/c1-8-3-2-5(4-8)6(7)9/h2-4H,1H3. The Balaban J connectivity index is 2.98. The Morgan fingerprint density at radius 3 is 2.67 bits per heavy atom. The van der Waals surface area contributed by atoms with Crippen molar-refractivity contribution in [1.29, 1.82) is 0 Å². The molecule has 9 heavy (non-hydrogen) atoms. The molecule has 0 amide bonds. The van der Waals surface area contributed by atoms with E-state index >= 15 is 0 Å². The Bertz CT molecular complexity index is 229. The SMILES string of the molecule is Cn1ccc(C(=O)I)c1. The van der Waals surface area contributed by atoms with Crippen molar-refractivity contribution in [3.63, 3.8) is 0 Å². The van der Waals surface area contributed by atoms with Gasteiger partial charge in [-0.3, -0.25) is 4.79 Å². The first-order chi connectivity index (χ1) is 4.20. The number of aromatic nitrogens is 1. The van der Waals surface area contributed by atoms with Gasteiger partial charge in [-0.15, -0.1) is 0 Å². The molecular formula is C6H6INO. The van der Waals surface area contributed by atoms with Crippen LogP contribution in [0.1, 0.15) is 10.4 Å². The molecule has 48 valence electrons. The molecular weight excluding hydrogens is 229 g/mol. The zero-order valence-corrected chi connectivity index (χ0v) is 7.12. The molecule has 0 bridgehead atoms. The first-order valence-electron chi connectivity index (χ1n) is 2.52. The van der Waals surface area contributed by atoms with Gasteiger partial charge in [0.1, 0.15) is 0 Å². The van der Waals surface area contributed by atoms with Crippen LogP contribution in [0.15, 0.2) is 18.5 Å². The van der Waals surface area contributed by atoms with Crippen LogP contribution < -0.4 is 0 Å². The second-order valence-corrected chi connectivity index (χ2v) is 2.82. The molecule has 0 saturated heterocycles. The van der Waals surface area contributed by atoms with Crippen LogP contribution in [0.4, 0.5) is 0 Å². The van der Waals surface area contributed by atoms with Crippen LogP contribution in [0.2, 0.25) is 0 Å². The summed E-state index contributed by atoms with van der Waals surface area (Å²) >= 11 is 1.77. The molecule has 0 radical (unpaired) electrons. The minimum atomic E-state index is 0.0909. The average Bonchev–Trinajstić information content (AvgIpc) is 2.14. The maximum Gasteiger partial charge on any atom is 0.223 e. The van der Waals surface area contributed by atoms with Crippen molar-refractivity contribution in [3.05, 3.63) is 24.0 Å². The van der Waals surface area contributed by atoms with Gasteiger partial charge in [-0.1, -0.05) is 0 Å². The van der Waals surface area contributed by atoms with E-state index in [0.717, 1.165) is 5.56 Å². The van der Waals surface area contributed by atoms with E-state index in [9.17, 15) is 4.79 Å². The van der Waals surface area contributed by atoms with E-state index in [1.807, 2.05) is 17.8 Å². The Morgan fingerprint density at radius 2 is 2.44 bits per heavy atom. The second-order valence-electron chi connectivity index (χ2n) is 1.84. The molecule has 3 heteroatoms. The second kappa shape index (κ2) is 2.51. The molecule has 0 unspecified atom stereocenters. The Labute approximate surface area is 67.0 Å². The van der Waals surface area contributed by atoms with Crippen LogP contribution in [0, 0.1) is 0 Å². The Hall–Kier alpha value is -0.320. The number of halogens is 1. The zero-order chi connectivity index (χ0) is 6.85. The largest absolute Gasteiger partial charge is 0.356 e. The number of rotatable bonds is 1. The van der Waals surface area contributed by atoms with Crippen molar-refractivity contribution >= 4 is 26.4 Å². The van der Waals surface area contributed by atoms with E-state index < -0.39 is 0 Å². The van der Waals surface area contributed by atoms with E-state index in [-0.39, 0.29) is 3.79 Å². The number of hydrogen-bond donors (Lipinski definition) is 0. The minimum absolute atomic E-state index is 0.0909. The van der Waals surface area contributed by atoms with Crippen LogP contribution >= 0.6 is 22.6 Å². The van der Waals surface area contributed by atoms with Gasteiger partial charge in [-0.05, 0) is 6.07 Å². The Kier molecular flexibility index (Phi) is 1.90. The monoisotopic (exact) mass is 235 g/mol. The van der Waals surface area contributed by atoms with Gasteiger partial charge in [0.25, 0.3) is 0 Å². The van der Waals surface area contributed by atoms with Gasteiger partial charge in [0.15, 0.2) is 0 Å².